The summed E-state index contributed by atoms with van der Waals surface area (Å²) in [5.74, 6) is 2.80. The maximum absolute atomic E-state index is 12.1. The van der Waals surface area contributed by atoms with Gasteiger partial charge in [0.25, 0.3) is 0 Å². The zero-order valence-electron chi connectivity index (χ0n) is 17.3. The van der Waals surface area contributed by atoms with E-state index in [0.29, 0.717) is 36.2 Å². The van der Waals surface area contributed by atoms with Crippen molar-refractivity contribution in [1.82, 2.24) is 15.5 Å². The van der Waals surface area contributed by atoms with Gasteiger partial charge in [-0.05, 0) is 42.3 Å². The van der Waals surface area contributed by atoms with Crippen molar-refractivity contribution in [2.45, 2.75) is 19.3 Å². The van der Waals surface area contributed by atoms with E-state index in [1.54, 1.807) is 33.5 Å². The molecule has 0 radical (unpaired) electrons. The molecular formula is C22H25N3O5. The van der Waals surface area contributed by atoms with Crippen LogP contribution >= 0.6 is 0 Å². The van der Waals surface area contributed by atoms with Crippen LogP contribution in [0.5, 0.6) is 17.2 Å². The Bertz CT molecular complexity index is 969. The fourth-order valence-corrected chi connectivity index (χ4v) is 2.90. The Kier molecular flexibility index (Phi) is 7.26. The van der Waals surface area contributed by atoms with Crippen LogP contribution in [0.2, 0.25) is 0 Å². The Hall–Kier alpha value is -3.55. The van der Waals surface area contributed by atoms with Crippen molar-refractivity contribution < 1.29 is 23.5 Å². The van der Waals surface area contributed by atoms with Gasteiger partial charge < -0.3 is 24.1 Å². The number of benzene rings is 2. The lowest BCUT2D eigenvalue weighted by atomic mass is 10.1. The molecule has 3 rings (SSSR count). The summed E-state index contributed by atoms with van der Waals surface area (Å²) in [7, 11) is 4.78. The maximum Gasteiger partial charge on any atom is 0.227 e. The minimum Gasteiger partial charge on any atom is -0.497 e. The van der Waals surface area contributed by atoms with Crippen LogP contribution in [0.4, 0.5) is 0 Å². The summed E-state index contributed by atoms with van der Waals surface area (Å²) >= 11 is 0. The number of carbonyl (C=O) groups excluding carboxylic acids is 1. The lowest BCUT2D eigenvalue weighted by molar-refractivity contribution is -0.121. The Morgan fingerprint density at radius 1 is 0.967 bits per heavy atom. The molecule has 0 unspecified atom stereocenters. The van der Waals surface area contributed by atoms with Gasteiger partial charge in [0.2, 0.25) is 17.6 Å². The first-order valence-corrected chi connectivity index (χ1v) is 9.57. The average molecular weight is 411 g/mol. The summed E-state index contributed by atoms with van der Waals surface area (Å²) < 4.78 is 20.9. The Balaban J connectivity index is 1.47. The predicted molar refractivity (Wildman–Crippen MR) is 111 cm³/mol. The molecule has 1 N–H and O–H groups in total. The molecule has 0 aliphatic carbocycles. The molecule has 2 aromatic carbocycles. The van der Waals surface area contributed by atoms with E-state index in [2.05, 4.69) is 15.5 Å². The lowest BCUT2D eigenvalue weighted by Crippen LogP contribution is -2.25. The number of aromatic nitrogens is 2. The third-order valence-electron chi connectivity index (χ3n) is 4.57. The summed E-state index contributed by atoms with van der Waals surface area (Å²) in [6.45, 7) is 0.561. The van der Waals surface area contributed by atoms with Gasteiger partial charge in [-0.25, -0.2) is 0 Å². The number of nitrogens with one attached hydrogen (secondary N) is 1. The second-order valence-corrected chi connectivity index (χ2v) is 6.53. The lowest BCUT2D eigenvalue weighted by Gasteiger charge is -2.07. The molecule has 8 heteroatoms. The zero-order chi connectivity index (χ0) is 21.3. The van der Waals surface area contributed by atoms with E-state index >= 15 is 0 Å². The Labute approximate surface area is 175 Å². The molecule has 0 aliphatic heterocycles. The first-order valence-electron chi connectivity index (χ1n) is 9.57. The van der Waals surface area contributed by atoms with Gasteiger partial charge in [-0.3, -0.25) is 4.79 Å². The summed E-state index contributed by atoms with van der Waals surface area (Å²) in [6.07, 6.45) is 1.39. The molecule has 0 saturated heterocycles. The van der Waals surface area contributed by atoms with Crippen LogP contribution in [0, 0.1) is 0 Å². The van der Waals surface area contributed by atoms with Gasteiger partial charge >= 0.3 is 0 Å². The third-order valence-corrected chi connectivity index (χ3v) is 4.57. The summed E-state index contributed by atoms with van der Waals surface area (Å²) in [5, 5.41) is 6.89. The molecule has 0 atom stereocenters. The van der Waals surface area contributed by atoms with E-state index in [-0.39, 0.29) is 12.3 Å². The number of methoxy groups -OCH3 is 3. The molecule has 8 nitrogen and oxygen atoms in total. The molecule has 0 spiro atoms. The molecule has 1 amide bonds. The largest absolute Gasteiger partial charge is 0.497 e. The van der Waals surface area contributed by atoms with Crippen molar-refractivity contribution in [2.24, 2.45) is 0 Å². The third kappa shape index (κ3) is 5.50. The topological polar surface area (TPSA) is 95.7 Å². The maximum atomic E-state index is 12.1. The smallest absolute Gasteiger partial charge is 0.227 e. The molecule has 0 aliphatic rings. The minimum absolute atomic E-state index is 0.0608. The van der Waals surface area contributed by atoms with Crippen molar-refractivity contribution in [2.75, 3.05) is 27.9 Å². The van der Waals surface area contributed by atoms with Crippen molar-refractivity contribution in [3.8, 4) is 28.6 Å². The van der Waals surface area contributed by atoms with Gasteiger partial charge in [-0.15, -0.1) is 0 Å². The highest BCUT2D eigenvalue weighted by Gasteiger charge is 2.13. The number of rotatable bonds is 10. The zero-order valence-corrected chi connectivity index (χ0v) is 17.3. The predicted octanol–water partition coefficient (Wildman–Crippen LogP) is 3.05. The normalized spacial score (nSPS) is 10.5. The monoisotopic (exact) mass is 411 g/mol. The van der Waals surface area contributed by atoms with E-state index in [9.17, 15) is 4.79 Å². The second-order valence-electron chi connectivity index (χ2n) is 6.53. The van der Waals surface area contributed by atoms with Crippen molar-refractivity contribution in [3.63, 3.8) is 0 Å². The minimum atomic E-state index is -0.0608. The number of hydrogen-bond donors (Lipinski definition) is 1. The first-order chi connectivity index (χ1) is 14.6. The van der Waals surface area contributed by atoms with Gasteiger partial charge in [0.1, 0.15) is 5.75 Å². The summed E-state index contributed by atoms with van der Waals surface area (Å²) in [4.78, 5) is 16.4. The summed E-state index contributed by atoms with van der Waals surface area (Å²) in [5.41, 5.74) is 1.87. The quantitative estimate of drug-likeness (QED) is 0.548. The molecule has 3 aromatic rings. The van der Waals surface area contributed by atoms with Crippen LogP contribution in [-0.4, -0.2) is 43.9 Å². The van der Waals surface area contributed by atoms with Gasteiger partial charge in [0.15, 0.2) is 11.5 Å². The van der Waals surface area contributed by atoms with Crippen LogP contribution in [0.15, 0.2) is 47.0 Å². The highest BCUT2D eigenvalue weighted by molar-refractivity contribution is 5.76. The van der Waals surface area contributed by atoms with Crippen LogP contribution in [-0.2, 0) is 17.6 Å². The summed E-state index contributed by atoms with van der Waals surface area (Å²) in [6, 6.07) is 13.2. The van der Waals surface area contributed by atoms with E-state index in [1.807, 2.05) is 30.3 Å². The average Bonchev–Trinajstić information content (AvgIpc) is 3.26. The van der Waals surface area contributed by atoms with Gasteiger partial charge in [-0.2, -0.15) is 4.98 Å². The molecule has 1 aromatic heterocycles. The van der Waals surface area contributed by atoms with Crippen molar-refractivity contribution >= 4 is 5.91 Å². The number of nitrogens with zero attached hydrogens (tertiary/aromatic N) is 2. The number of ether oxygens (including phenoxy) is 3. The number of carbonyl (C=O) groups is 1. The highest BCUT2D eigenvalue weighted by Crippen LogP contribution is 2.31. The molecule has 158 valence electrons. The molecule has 0 saturated carbocycles. The number of aryl methyl sites for hydroxylation is 1. The van der Waals surface area contributed by atoms with Crippen LogP contribution in [0.3, 0.4) is 0 Å². The van der Waals surface area contributed by atoms with E-state index < -0.39 is 0 Å². The Morgan fingerprint density at radius 3 is 2.43 bits per heavy atom. The SMILES string of the molecule is COc1ccc(CCNC(=O)CCc2nc(-c3ccc(OC)c(OC)c3)no2)cc1. The van der Waals surface area contributed by atoms with Crippen molar-refractivity contribution in [3.05, 3.63) is 53.9 Å². The van der Waals surface area contributed by atoms with Crippen LogP contribution in [0.1, 0.15) is 17.9 Å². The van der Waals surface area contributed by atoms with Gasteiger partial charge in [0.05, 0.1) is 21.3 Å². The van der Waals surface area contributed by atoms with Crippen molar-refractivity contribution in [1.29, 1.82) is 0 Å². The second kappa shape index (κ2) is 10.3. The molecular weight excluding hydrogens is 386 g/mol. The fourth-order valence-electron chi connectivity index (χ4n) is 2.90. The van der Waals surface area contributed by atoms with Crippen LogP contribution < -0.4 is 19.5 Å². The molecule has 30 heavy (non-hydrogen) atoms. The standard InChI is InChI=1S/C22H25N3O5/c1-27-17-7-4-15(5-8-17)12-13-23-20(26)10-11-21-24-22(25-30-21)16-6-9-18(28-2)19(14-16)29-3/h4-9,14H,10-13H2,1-3H3,(H,23,26). The van der Waals surface area contributed by atoms with E-state index in [0.717, 1.165) is 23.3 Å². The van der Waals surface area contributed by atoms with Gasteiger partial charge in [-0.1, -0.05) is 17.3 Å². The highest BCUT2D eigenvalue weighted by atomic mass is 16.5. The van der Waals surface area contributed by atoms with Gasteiger partial charge in [0, 0.05) is 24.9 Å². The fraction of sp³-hybridized carbons (Fsp3) is 0.318. The molecule has 0 fully saturated rings. The van der Waals surface area contributed by atoms with Crippen LogP contribution in [0.25, 0.3) is 11.4 Å². The molecule has 1 heterocycles. The van der Waals surface area contributed by atoms with E-state index in [1.165, 1.54) is 0 Å². The number of amides is 1. The number of hydrogen-bond acceptors (Lipinski definition) is 7. The molecule has 0 bridgehead atoms. The van der Waals surface area contributed by atoms with E-state index in [4.69, 9.17) is 18.7 Å². The first kappa shape index (κ1) is 21.2. The Morgan fingerprint density at radius 2 is 1.73 bits per heavy atom.